The van der Waals surface area contributed by atoms with Gasteiger partial charge < -0.3 is 9.47 Å². The molecule has 114 valence electrons. The van der Waals surface area contributed by atoms with Crippen LogP contribution in [-0.4, -0.2) is 40.8 Å². The summed E-state index contributed by atoms with van der Waals surface area (Å²) in [6.07, 6.45) is 0.975. The van der Waals surface area contributed by atoms with Gasteiger partial charge in [0.2, 0.25) is 0 Å². The molecule has 0 amide bonds. The molecule has 0 atom stereocenters. The van der Waals surface area contributed by atoms with Crippen molar-refractivity contribution in [2.45, 2.75) is 26.8 Å². The van der Waals surface area contributed by atoms with Gasteiger partial charge in [0.25, 0.3) is 0 Å². The zero-order valence-electron chi connectivity index (χ0n) is 12.2. The van der Waals surface area contributed by atoms with Crippen LogP contribution >= 0.6 is 11.3 Å². The van der Waals surface area contributed by atoms with Crippen LogP contribution in [0.15, 0.2) is 17.5 Å². The molecule has 6 nitrogen and oxygen atoms in total. The lowest BCUT2D eigenvalue weighted by molar-refractivity contribution is 0.0520. The third-order valence-corrected chi connectivity index (χ3v) is 3.63. The number of hydrogen-bond acceptors (Lipinski definition) is 6. The Hall–Kier alpha value is -1.73. The van der Waals surface area contributed by atoms with Gasteiger partial charge in [0.15, 0.2) is 5.69 Å². The first-order chi connectivity index (χ1) is 10.3. The third-order valence-electron chi connectivity index (χ3n) is 2.75. The fraction of sp³-hybridized carbons (Fsp3) is 0.500. The van der Waals surface area contributed by atoms with Crippen molar-refractivity contribution in [2.24, 2.45) is 0 Å². The first-order valence-electron chi connectivity index (χ1n) is 7.00. The molecule has 2 aromatic heterocycles. The minimum absolute atomic E-state index is 0.259. The van der Waals surface area contributed by atoms with Gasteiger partial charge in [0, 0.05) is 6.61 Å². The molecule has 0 N–H and O–H groups in total. The number of carbonyl (C=O) groups is 1. The van der Waals surface area contributed by atoms with Crippen LogP contribution in [0.5, 0.6) is 0 Å². The Labute approximate surface area is 127 Å². The van der Waals surface area contributed by atoms with Gasteiger partial charge in [-0.1, -0.05) is 18.2 Å². The van der Waals surface area contributed by atoms with Crippen LogP contribution in [0.1, 0.15) is 30.8 Å². The van der Waals surface area contributed by atoms with Crippen LogP contribution in [-0.2, 0) is 16.0 Å². The number of esters is 1. The van der Waals surface area contributed by atoms with Gasteiger partial charge in [-0.05, 0) is 24.8 Å². The van der Waals surface area contributed by atoms with Crippen molar-refractivity contribution < 1.29 is 14.3 Å². The lowest BCUT2D eigenvalue weighted by Crippen LogP contribution is -2.11. The summed E-state index contributed by atoms with van der Waals surface area (Å²) in [6.45, 7) is 5.96. The summed E-state index contributed by atoms with van der Waals surface area (Å²) in [6, 6.07) is 3.87. The fourth-order valence-corrected chi connectivity index (χ4v) is 2.64. The predicted octanol–water partition coefficient (Wildman–Crippen LogP) is 2.61. The molecule has 0 spiro atoms. The quantitative estimate of drug-likeness (QED) is 0.554. The van der Waals surface area contributed by atoms with Gasteiger partial charge in [0.1, 0.15) is 5.69 Å². The average molecular weight is 309 g/mol. The zero-order valence-corrected chi connectivity index (χ0v) is 13.1. The number of ether oxygens (including phenoxy) is 2. The average Bonchev–Trinajstić information content (AvgIpc) is 3.12. The molecule has 21 heavy (non-hydrogen) atoms. The van der Waals surface area contributed by atoms with E-state index in [1.165, 1.54) is 11.3 Å². The second-order valence-electron chi connectivity index (χ2n) is 4.32. The highest BCUT2D eigenvalue weighted by Crippen LogP contribution is 2.27. The first kappa shape index (κ1) is 15.7. The van der Waals surface area contributed by atoms with E-state index in [-0.39, 0.29) is 5.69 Å². The maximum absolute atomic E-state index is 12.0. The van der Waals surface area contributed by atoms with E-state index in [9.17, 15) is 4.79 Å². The van der Waals surface area contributed by atoms with E-state index in [4.69, 9.17) is 9.47 Å². The summed E-state index contributed by atoms with van der Waals surface area (Å²) >= 11 is 1.54. The largest absolute Gasteiger partial charge is 0.461 e. The van der Waals surface area contributed by atoms with E-state index in [1.54, 1.807) is 11.6 Å². The normalized spacial score (nSPS) is 10.8. The molecule has 0 fully saturated rings. The van der Waals surface area contributed by atoms with Crippen molar-refractivity contribution in [3.05, 3.63) is 23.2 Å². The van der Waals surface area contributed by atoms with Crippen molar-refractivity contribution in [2.75, 3.05) is 19.8 Å². The fourth-order valence-electron chi connectivity index (χ4n) is 1.86. The summed E-state index contributed by atoms with van der Waals surface area (Å²) in [7, 11) is 0. The number of rotatable bonds is 8. The van der Waals surface area contributed by atoms with Crippen LogP contribution in [0.2, 0.25) is 0 Å². The number of aromatic nitrogens is 3. The molecule has 2 rings (SSSR count). The van der Waals surface area contributed by atoms with Crippen molar-refractivity contribution >= 4 is 17.3 Å². The molecule has 0 aliphatic carbocycles. The monoisotopic (exact) mass is 309 g/mol. The van der Waals surface area contributed by atoms with Crippen LogP contribution in [0.3, 0.4) is 0 Å². The molecule has 0 radical (unpaired) electrons. The molecule has 2 aromatic rings. The maximum Gasteiger partial charge on any atom is 0.361 e. The van der Waals surface area contributed by atoms with Crippen molar-refractivity contribution in [3.63, 3.8) is 0 Å². The second kappa shape index (κ2) is 7.90. The Morgan fingerprint density at radius 2 is 2.24 bits per heavy atom. The molecule has 0 aliphatic rings. The molecule has 0 aromatic carbocycles. The SMILES string of the molecule is CCCOCCn1nnc(C(=O)OCC)c1-c1cccs1. The lowest BCUT2D eigenvalue weighted by Gasteiger charge is -2.07. The molecule has 0 unspecified atom stereocenters. The number of carbonyl (C=O) groups excluding carboxylic acids is 1. The standard InChI is InChI=1S/C14H19N3O3S/c1-3-8-19-9-7-17-13(11-6-5-10-21-11)12(15-16-17)14(18)20-4-2/h5-6,10H,3-4,7-9H2,1-2H3. The number of thiophene rings is 1. The summed E-state index contributed by atoms with van der Waals surface area (Å²) in [4.78, 5) is 12.9. The summed E-state index contributed by atoms with van der Waals surface area (Å²) in [5, 5.41) is 10.00. The van der Waals surface area contributed by atoms with Gasteiger partial charge in [-0.2, -0.15) is 0 Å². The van der Waals surface area contributed by atoms with Crippen molar-refractivity contribution in [1.29, 1.82) is 0 Å². The van der Waals surface area contributed by atoms with Crippen molar-refractivity contribution in [1.82, 2.24) is 15.0 Å². The summed E-state index contributed by atoms with van der Waals surface area (Å²) < 4.78 is 12.2. The zero-order chi connectivity index (χ0) is 15.1. The Morgan fingerprint density at radius 1 is 1.38 bits per heavy atom. The van der Waals surface area contributed by atoms with E-state index in [1.807, 2.05) is 17.5 Å². The van der Waals surface area contributed by atoms with Gasteiger partial charge in [-0.15, -0.1) is 16.4 Å². The first-order valence-corrected chi connectivity index (χ1v) is 7.88. The van der Waals surface area contributed by atoms with Crippen LogP contribution < -0.4 is 0 Å². The van der Waals surface area contributed by atoms with Gasteiger partial charge >= 0.3 is 5.97 Å². The Balaban J connectivity index is 2.22. The molecule has 0 aliphatic heterocycles. The minimum atomic E-state index is -0.443. The molecule has 2 heterocycles. The Kier molecular flexibility index (Phi) is 5.89. The molecular formula is C14H19N3O3S. The van der Waals surface area contributed by atoms with E-state index in [2.05, 4.69) is 17.2 Å². The predicted molar refractivity (Wildman–Crippen MR) is 80.4 cm³/mol. The summed E-state index contributed by atoms with van der Waals surface area (Å²) in [5.74, 6) is -0.443. The van der Waals surface area contributed by atoms with Gasteiger partial charge in [-0.25, -0.2) is 9.48 Å². The molecule has 0 bridgehead atoms. The lowest BCUT2D eigenvalue weighted by atomic mass is 10.2. The number of hydrogen-bond donors (Lipinski definition) is 0. The van der Waals surface area contributed by atoms with Crippen LogP contribution in [0.4, 0.5) is 0 Å². The molecule has 0 saturated carbocycles. The molecule has 0 saturated heterocycles. The minimum Gasteiger partial charge on any atom is -0.461 e. The third kappa shape index (κ3) is 3.89. The van der Waals surface area contributed by atoms with E-state index in [0.29, 0.717) is 32.1 Å². The topological polar surface area (TPSA) is 66.2 Å². The Bertz CT molecular complexity index is 566. The highest BCUT2D eigenvalue weighted by molar-refractivity contribution is 7.13. The molecule has 7 heteroatoms. The number of nitrogens with zero attached hydrogens (tertiary/aromatic N) is 3. The highest BCUT2D eigenvalue weighted by atomic mass is 32.1. The van der Waals surface area contributed by atoms with E-state index >= 15 is 0 Å². The van der Waals surface area contributed by atoms with Crippen LogP contribution in [0, 0.1) is 0 Å². The van der Waals surface area contributed by atoms with E-state index < -0.39 is 5.97 Å². The highest BCUT2D eigenvalue weighted by Gasteiger charge is 2.22. The maximum atomic E-state index is 12.0. The van der Waals surface area contributed by atoms with Gasteiger partial charge in [0.05, 0.1) is 24.6 Å². The van der Waals surface area contributed by atoms with Crippen LogP contribution in [0.25, 0.3) is 10.6 Å². The molecular weight excluding hydrogens is 290 g/mol. The van der Waals surface area contributed by atoms with Gasteiger partial charge in [-0.3, -0.25) is 0 Å². The second-order valence-corrected chi connectivity index (χ2v) is 5.27. The summed E-state index contributed by atoms with van der Waals surface area (Å²) in [5.41, 5.74) is 0.957. The van der Waals surface area contributed by atoms with E-state index in [0.717, 1.165) is 11.3 Å². The van der Waals surface area contributed by atoms with Crippen molar-refractivity contribution in [3.8, 4) is 10.6 Å². The Morgan fingerprint density at radius 3 is 2.90 bits per heavy atom. The smallest absolute Gasteiger partial charge is 0.361 e.